The third-order valence-electron chi connectivity index (χ3n) is 3.33. The predicted octanol–water partition coefficient (Wildman–Crippen LogP) is 2.01. The van der Waals surface area contributed by atoms with Crippen molar-refractivity contribution in [1.82, 2.24) is 10.2 Å². The fourth-order valence-electron chi connectivity index (χ4n) is 2.26. The molecule has 1 saturated heterocycles. The van der Waals surface area contributed by atoms with Crippen molar-refractivity contribution in [3.05, 3.63) is 42.5 Å². The summed E-state index contributed by atoms with van der Waals surface area (Å²) in [7, 11) is 0. The highest BCUT2D eigenvalue weighted by atomic mass is 16.2. The number of aryl methyl sites for hydroxylation is 1. The van der Waals surface area contributed by atoms with Crippen molar-refractivity contribution in [3.63, 3.8) is 0 Å². The SMILES string of the molecule is C=CCNC(=O)N1CCN(c2cccc(C)c2)CC1. The zero-order valence-electron chi connectivity index (χ0n) is 11.4. The molecule has 0 unspecified atom stereocenters. The summed E-state index contributed by atoms with van der Waals surface area (Å²) in [5.74, 6) is 0. The Balaban J connectivity index is 1.88. The third-order valence-corrected chi connectivity index (χ3v) is 3.33. The first kappa shape index (κ1) is 13.5. The van der Waals surface area contributed by atoms with Crippen molar-refractivity contribution < 1.29 is 4.79 Å². The van der Waals surface area contributed by atoms with Gasteiger partial charge in [0.05, 0.1) is 0 Å². The maximum absolute atomic E-state index is 11.8. The Morgan fingerprint density at radius 1 is 1.37 bits per heavy atom. The first-order chi connectivity index (χ1) is 9.20. The Morgan fingerprint density at radius 3 is 2.74 bits per heavy atom. The van der Waals surface area contributed by atoms with Crippen molar-refractivity contribution in [2.45, 2.75) is 6.92 Å². The number of carbonyl (C=O) groups is 1. The van der Waals surface area contributed by atoms with Gasteiger partial charge in [0, 0.05) is 38.4 Å². The van der Waals surface area contributed by atoms with E-state index in [0.29, 0.717) is 6.54 Å². The molecule has 1 aliphatic rings. The standard InChI is InChI=1S/C15H21N3O/c1-3-7-16-15(19)18-10-8-17(9-11-18)14-6-4-5-13(2)12-14/h3-6,12H,1,7-11H2,2H3,(H,16,19). The van der Waals surface area contributed by atoms with E-state index in [4.69, 9.17) is 0 Å². The molecular formula is C15H21N3O. The molecule has 0 saturated carbocycles. The fraction of sp³-hybridized carbons (Fsp3) is 0.400. The number of anilines is 1. The van der Waals surface area contributed by atoms with Gasteiger partial charge in [0.2, 0.25) is 0 Å². The third kappa shape index (κ3) is 3.50. The zero-order chi connectivity index (χ0) is 13.7. The van der Waals surface area contributed by atoms with Crippen LogP contribution in [-0.4, -0.2) is 43.7 Å². The van der Waals surface area contributed by atoms with Gasteiger partial charge in [-0.05, 0) is 24.6 Å². The topological polar surface area (TPSA) is 35.6 Å². The van der Waals surface area contributed by atoms with E-state index in [1.807, 2.05) is 4.90 Å². The van der Waals surface area contributed by atoms with Crippen LogP contribution in [0, 0.1) is 6.92 Å². The Bertz CT molecular complexity index is 450. The fourth-order valence-corrected chi connectivity index (χ4v) is 2.26. The average Bonchev–Trinajstić information content (AvgIpc) is 2.45. The highest BCUT2D eigenvalue weighted by Crippen LogP contribution is 2.17. The number of amides is 2. The van der Waals surface area contributed by atoms with Gasteiger partial charge in [-0.2, -0.15) is 0 Å². The molecule has 1 aliphatic heterocycles. The molecule has 1 aromatic carbocycles. The molecule has 1 fully saturated rings. The predicted molar refractivity (Wildman–Crippen MR) is 78.6 cm³/mol. The highest BCUT2D eigenvalue weighted by molar-refractivity contribution is 5.74. The molecule has 102 valence electrons. The molecule has 2 rings (SSSR count). The zero-order valence-corrected chi connectivity index (χ0v) is 11.4. The summed E-state index contributed by atoms with van der Waals surface area (Å²) in [5, 5.41) is 2.82. The lowest BCUT2D eigenvalue weighted by molar-refractivity contribution is 0.195. The molecule has 2 amide bonds. The molecule has 0 aliphatic carbocycles. The molecule has 0 bridgehead atoms. The average molecular weight is 259 g/mol. The van der Waals surface area contributed by atoms with Crippen LogP contribution < -0.4 is 10.2 Å². The van der Waals surface area contributed by atoms with Crippen LogP contribution in [0.3, 0.4) is 0 Å². The van der Waals surface area contributed by atoms with E-state index < -0.39 is 0 Å². The maximum atomic E-state index is 11.8. The highest BCUT2D eigenvalue weighted by Gasteiger charge is 2.20. The Hall–Kier alpha value is -1.97. The second-order valence-electron chi connectivity index (χ2n) is 4.79. The van der Waals surface area contributed by atoms with Crippen LogP contribution >= 0.6 is 0 Å². The van der Waals surface area contributed by atoms with Gasteiger partial charge in [0.25, 0.3) is 0 Å². The summed E-state index contributed by atoms with van der Waals surface area (Å²) >= 11 is 0. The first-order valence-corrected chi connectivity index (χ1v) is 6.66. The van der Waals surface area contributed by atoms with Gasteiger partial charge in [-0.1, -0.05) is 18.2 Å². The summed E-state index contributed by atoms with van der Waals surface area (Å²) in [5.41, 5.74) is 2.51. The van der Waals surface area contributed by atoms with Gasteiger partial charge in [-0.15, -0.1) is 6.58 Å². The van der Waals surface area contributed by atoms with Crippen LogP contribution in [0.15, 0.2) is 36.9 Å². The van der Waals surface area contributed by atoms with Crippen LogP contribution in [0.5, 0.6) is 0 Å². The second-order valence-corrected chi connectivity index (χ2v) is 4.79. The van der Waals surface area contributed by atoms with Gasteiger partial charge in [-0.3, -0.25) is 0 Å². The summed E-state index contributed by atoms with van der Waals surface area (Å²) < 4.78 is 0. The van der Waals surface area contributed by atoms with Crippen molar-refractivity contribution in [2.24, 2.45) is 0 Å². The monoisotopic (exact) mass is 259 g/mol. The number of nitrogens with zero attached hydrogens (tertiary/aromatic N) is 2. The summed E-state index contributed by atoms with van der Waals surface area (Å²) in [6.07, 6.45) is 1.70. The molecule has 19 heavy (non-hydrogen) atoms. The largest absolute Gasteiger partial charge is 0.368 e. The minimum atomic E-state index is 0.00351. The molecule has 1 N–H and O–H groups in total. The van der Waals surface area contributed by atoms with Crippen LogP contribution in [0.1, 0.15) is 5.56 Å². The normalized spacial score (nSPS) is 15.2. The summed E-state index contributed by atoms with van der Waals surface area (Å²) in [6.45, 7) is 9.50. The van der Waals surface area contributed by atoms with E-state index in [9.17, 15) is 4.79 Å². The number of nitrogens with one attached hydrogen (secondary N) is 1. The summed E-state index contributed by atoms with van der Waals surface area (Å²) in [4.78, 5) is 16.0. The number of hydrogen-bond acceptors (Lipinski definition) is 2. The lowest BCUT2D eigenvalue weighted by Gasteiger charge is -2.36. The van der Waals surface area contributed by atoms with Gasteiger partial charge >= 0.3 is 6.03 Å². The smallest absolute Gasteiger partial charge is 0.317 e. The van der Waals surface area contributed by atoms with Crippen LogP contribution in [0.2, 0.25) is 0 Å². The number of benzene rings is 1. The van der Waals surface area contributed by atoms with Crippen LogP contribution in [-0.2, 0) is 0 Å². The Morgan fingerprint density at radius 2 is 2.11 bits per heavy atom. The Kier molecular flexibility index (Phi) is 4.44. The molecular weight excluding hydrogens is 238 g/mol. The quantitative estimate of drug-likeness (QED) is 0.843. The number of piperazine rings is 1. The summed E-state index contributed by atoms with van der Waals surface area (Å²) in [6, 6.07) is 8.49. The van der Waals surface area contributed by atoms with E-state index in [-0.39, 0.29) is 6.03 Å². The molecule has 4 nitrogen and oxygen atoms in total. The number of rotatable bonds is 3. The lowest BCUT2D eigenvalue weighted by atomic mass is 10.2. The first-order valence-electron chi connectivity index (χ1n) is 6.66. The molecule has 0 aromatic heterocycles. The Labute approximate surface area is 114 Å². The van der Waals surface area contributed by atoms with Gasteiger partial charge < -0.3 is 15.1 Å². The minimum absolute atomic E-state index is 0.00351. The molecule has 0 spiro atoms. The minimum Gasteiger partial charge on any atom is -0.368 e. The lowest BCUT2D eigenvalue weighted by Crippen LogP contribution is -2.51. The molecule has 0 atom stereocenters. The van der Waals surface area contributed by atoms with Crippen LogP contribution in [0.25, 0.3) is 0 Å². The van der Waals surface area contributed by atoms with Crippen molar-refractivity contribution in [3.8, 4) is 0 Å². The number of urea groups is 1. The molecule has 0 radical (unpaired) electrons. The van der Waals surface area contributed by atoms with Gasteiger partial charge in [0.1, 0.15) is 0 Å². The van der Waals surface area contributed by atoms with E-state index in [2.05, 4.69) is 48.0 Å². The maximum Gasteiger partial charge on any atom is 0.317 e. The second kappa shape index (κ2) is 6.27. The van der Waals surface area contributed by atoms with Gasteiger partial charge in [0.15, 0.2) is 0 Å². The van der Waals surface area contributed by atoms with E-state index in [1.165, 1.54) is 11.3 Å². The van der Waals surface area contributed by atoms with E-state index in [0.717, 1.165) is 26.2 Å². The number of carbonyl (C=O) groups excluding carboxylic acids is 1. The molecule has 1 heterocycles. The van der Waals surface area contributed by atoms with E-state index in [1.54, 1.807) is 6.08 Å². The van der Waals surface area contributed by atoms with Crippen LogP contribution in [0.4, 0.5) is 10.5 Å². The molecule has 4 heteroatoms. The van der Waals surface area contributed by atoms with Crippen molar-refractivity contribution in [2.75, 3.05) is 37.6 Å². The number of hydrogen-bond donors (Lipinski definition) is 1. The molecule has 1 aromatic rings. The van der Waals surface area contributed by atoms with E-state index >= 15 is 0 Å². The van der Waals surface area contributed by atoms with Crippen molar-refractivity contribution >= 4 is 11.7 Å². The van der Waals surface area contributed by atoms with Crippen molar-refractivity contribution in [1.29, 1.82) is 0 Å². The van der Waals surface area contributed by atoms with Gasteiger partial charge in [-0.25, -0.2) is 4.79 Å².